The van der Waals surface area contributed by atoms with Crippen molar-refractivity contribution in [2.45, 2.75) is 32.2 Å². The highest BCUT2D eigenvalue weighted by Crippen LogP contribution is 2.17. The van der Waals surface area contributed by atoms with Crippen LogP contribution >= 0.6 is 0 Å². The molecule has 26 heavy (non-hydrogen) atoms. The fourth-order valence-electron chi connectivity index (χ4n) is 2.83. The molecule has 1 aromatic rings. The lowest BCUT2D eigenvalue weighted by molar-refractivity contribution is -0.145. The molecule has 1 heterocycles. The van der Waals surface area contributed by atoms with E-state index in [1.165, 1.54) is 0 Å². The maximum Gasteiger partial charge on any atom is 0.344 e. The van der Waals surface area contributed by atoms with Crippen molar-refractivity contribution in [2.24, 2.45) is 11.7 Å². The first-order chi connectivity index (χ1) is 12.6. The van der Waals surface area contributed by atoms with E-state index in [4.69, 9.17) is 19.9 Å². The molecule has 0 radical (unpaired) electrons. The Morgan fingerprint density at radius 2 is 1.96 bits per heavy atom. The molecule has 1 aliphatic heterocycles. The maximum absolute atomic E-state index is 12.1. The molecule has 1 saturated heterocycles. The average molecular weight is 364 g/mol. The second-order valence-corrected chi connectivity index (χ2v) is 6.25. The minimum Gasteiger partial charge on any atom is -0.482 e. The predicted octanol–water partition coefficient (Wildman–Crippen LogP) is 1.04. The summed E-state index contributed by atoms with van der Waals surface area (Å²) in [5.41, 5.74) is 7.11. The summed E-state index contributed by atoms with van der Waals surface area (Å²) < 4.78 is 15.4. The van der Waals surface area contributed by atoms with Gasteiger partial charge in [-0.15, -0.1) is 0 Å². The quantitative estimate of drug-likeness (QED) is 0.635. The Bertz CT molecular complexity index is 570. The second-order valence-electron chi connectivity index (χ2n) is 6.25. The molecule has 0 aliphatic carbocycles. The highest BCUT2D eigenvalue weighted by molar-refractivity contribution is 5.81. The van der Waals surface area contributed by atoms with Gasteiger partial charge in [0.2, 0.25) is 5.91 Å². The number of nitrogens with two attached hydrogens (primary N) is 1. The maximum atomic E-state index is 12.1. The summed E-state index contributed by atoms with van der Waals surface area (Å²) in [7, 11) is 0. The van der Waals surface area contributed by atoms with Crippen LogP contribution in [0.2, 0.25) is 0 Å². The van der Waals surface area contributed by atoms with Gasteiger partial charge in [-0.25, -0.2) is 4.79 Å². The second kappa shape index (κ2) is 10.8. The monoisotopic (exact) mass is 364 g/mol. The smallest absolute Gasteiger partial charge is 0.344 e. The van der Waals surface area contributed by atoms with Crippen molar-refractivity contribution in [1.29, 1.82) is 0 Å². The number of hydrogen-bond acceptors (Lipinski definition) is 6. The summed E-state index contributed by atoms with van der Waals surface area (Å²) in [5.74, 6) is 0.304. The zero-order chi connectivity index (χ0) is 18.8. The van der Waals surface area contributed by atoms with Crippen LogP contribution in [0.5, 0.6) is 5.75 Å². The van der Waals surface area contributed by atoms with Crippen molar-refractivity contribution in [3.8, 4) is 5.75 Å². The molecule has 0 aromatic heterocycles. The Morgan fingerprint density at radius 3 is 2.62 bits per heavy atom. The van der Waals surface area contributed by atoms with E-state index in [0.717, 1.165) is 18.4 Å². The molecule has 1 amide bonds. The molecule has 7 nitrogen and oxygen atoms in total. The lowest BCUT2D eigenvalue weighted by atomic mass is 9.92. The van der Waals surface area contributed by atoms with Crippen LogP contribution in [0, 0.1) is 5.92 Å². The number of carbonyl (C=O) groups excluding carboxylic acids is 2. The van der Waals surface area contributed by atoms with Gasteiger partial charge in [-0.2, -0.15) is 0 Å². The minimum absolute atomic E-state index is 0.104. The molecular weight excluding hydrogens is 336 g/mol. The fraction of sp³-hybridized carbons (Fsp3) is 0.579. The number of amides is 1. The molecule has 2 rings (SSSR count). The van der Waals surface area contributed by atoms with E-state index in [-0.39, 0.29) is 24.4 Å². The summed E-state index contributed by atoms with van der Waals surface area (Å²) >= 11 is 0. The Hall–Kier alpha value is -2.12. The molecule has 1 aromatic carbocycles. The van der Waals surface area contributed by atoms with Gasteiger partial charge in [-0.05, 0) is 49.8 Å². The van der Waals surface area contributed by atoms with Gasteiger partial charge in [-0.3, -0.25) is 4.79 Å². The van der Waals surface area contributed by atoms with Crippen LogP contribution in [-0.4, -0.2) is 50.9 Å². The van der Waals surface area contributed by atoms with Crippen molar-refractivity contribution in [2.75, 3.05) is 33.0 Å². The van der Waals surface area contributed by atoms with Crippen molar-refractivity contribution in [1.82, 2.24) is 5.32 Å². The van der Waals surface area contributed by atoms with Crippen molar-refractivity contribution >= 4 is 11.9 Å². The van der Waals surface area contributed by atoms with Crippen LogP contribution in [0.25, 0.3) is 0 Å². The van der Waals surface area contributed by atoms with Crippen LogP contribution in [0.15, 0.2) is 24.3 Å². The lowest BCUT2D eigenvalue weighted by Gasteiger charge is -2.26. The van der Waals surface area contributed by atoms with Gasteiger partial charge in [0.25, 0.3) is 0 Å². The van der Waals surface area contributed by atoms with Crippen LogP contribution in [0.3, 0.4) is 0 Å². The van der Waals surface area contributed by atoms with Gasteiger partial charge >= 0.3 is 5.97 Å². The van der Waals surface area contributed by atoms with Crippen molar-refractivity contribution in [3.63, 3.8) is 0 Å². The minimum atomic E-state index is -0.474. The summed E-state index contributed by atoms with van der Waals surface area (Å²) in [6.07, 6.45) is 2.37. The van der Waals surface area contributed by atoms with Gasteiger partial charge in [0.15, 0.2) is 6.61 Å². The van der Waals surface area contributed by atoms with Gasteiger partial charge < -0.3 is 25.3 Å². The molecule has 1 unspecified atom stereocenters. The number of carbonyl (C=O) groups is 2. The molecular formula is C19H28N2O5. The zero-order valence-corrected chi connectivity index (χ0v) is 15.2. The predicted molar refractivity (Wildman–Crippen MR) is 96.8 cm³/mol. The molecule has 7 heteroatoms. The number of rotatable bonds is 9. The Kier molecular flexibility index (Phi) is 8.37. The first kappa shape index (κ1) is 20.2. The van der Waals surface area contributed by atoms with E-state index in [2.05, 4.69) is 5.32 Å². The topological polar surface area (TPSA) is 99.9 Å². The van der Waals surface area contributed by atoms with E-state index in [1.807, 2.05) is 12.1 Å². The summed E-state index contributed by atoms with van der Waals surface area (Å²) in [6, 6.07) is 6.93. The standard InChI is InChI=1S/C19H28N2O5/c1-2-25-17(22)13-26-16-5-3-14(4-6-16)7-10-21-19(23)18(20)15-8-11-24-12-9-15/h3-6,15,18H,2,7-13,20H2,1H3,(H,21,23). The lowest BCUT2D eigenvalue weighted by Crippen LogP contribution is -2.47. The highest BCUT2D eigenvalue weighted by atomic mass is 16.6. The largest absolute Gasteiger partial charge is 0.482 e. The molecule has 1 aliphatic rings. The highest BCUT2D eigenvalue weighted by Gasteiger charge is 2.26. The van der Waals surface area contributed by atoms with Crippen LogP contribution in [0.4, 0.5) is 0 Å². The van der Waals surface area contributed by atoms with E-state index in [9.17, 15) is 9.59 Å². The van der Waals surface area contributed by atoms with Gasteiger partial charge in [0, 0.05) is 19.8 Å². The third-order valence-electron chi connectivity index (χ3n) is 4.37. The molecule has 1 fully saturated rings. The molecule has 0 saturated carbocycles. The third-order valence-corrected chi connectivity index (χ3v) is 4.37. The number of nitrogens with one attached hydrogen (secondary N) is 1. The summed E-state index contributed by atoms with van der Waals surface area (Å²) in [6.45, 7) is 3.87. The van der Waals surface area contributed by atoms with E-state index in [1.54, 1.807) is 19.1 Å². The molecule has 1 atom stereocenters. The van der Waals surface area contributed by atoms with E-state index >= 15 is 0 Å². The summed E-state index contributed by atoms with van der Waals surface area (Å²) in [4.78, 5) is 23.4. The van der Waals surface area contributed by atoms with Crippen LogP contribution in [0.1, 0.15) is 25.3 Å². The molecule has 3 N–H and O–H groups in total. The molecule has 0 bridgehead atoms. The normalized spacial score (nSPS) is 15.9. The zero-order valence-electron chi connectivity index (χ0n) is 15.2. The van der Waals surface area contributed by atoms with E-state index < -0.39 is 6.04 Å². The van der Waals surface area contributed by atoms with Gasteiger partial charge in [0.1, 0.15) is 5.75 Å². The van der Waals surface area contributed by atoms with Crippen LogP contribution < -0.4 is 15.8 Å². The first-order valence-electron chi connectivity index (χ1n) is 9.08. The average Bonchev–Trinajstić information content (AvgIpc) is 2.67. The molecule has 0 spiro atoms. The Morgan fingerprint density at radius 1 is 1.27 bits per heavy atom. The van der Waals surface area contributed by atoms with Crippen molar-refractivity contribution in [3.05, 3.63) is 29.8 Å². The molecule has 144 valence electrons. The first-order valence-corrected chi connectivity index (χ1v) is 9.08. The van der Waals surface area contributed by atoms with Gasteiger partial charge in [-0.1, -0.05) is 12.1 Å². The number of ether oxygens (including phenoxy) is 3. The van der Waals surface area contributed by atoms with Crippen LogP contribution in [-0.2, 0) is 25.5 Å². The van der Waals surface area contributed by atoms with E-state index in [0.29, 0.717) is 38.5 Å². The Labute approximate surface area is 154 Å². The SMILES string of the molecule is CCOC(=O)COc1ccc(CCNC(=O)C(N)C2CCOCC2)cc1. The summed E-state index contributed by atoms with van der Waals surface area (Å²) in [5, 5.41) is 2.90. The number of benzene rings is 1. The fourth-order valence-corrected chi connectivity index (χ4v) is 2.83. The Balaban J connectivity index is 1.68. The van der Waals surface area contributed by atoms with Gasteiger partial charge in [0.05, 0.1) is 12.6 Å². The number of esters is 1. The van der Waals surface area contributed by atoms with Crippen molar-refractivity contribution < 1.29 is 23.8 Å². The third kappa shape index (κ3) is 6.65. The number of hydrogen-bond donors (Lipinski definition) is 2.